The van der Waals surface area contributed by atoms with E-state index in [9.17, 15) is 4.79 Å². The highest BCUT2D eigenvalue weighted by Crippen LogP contribution is 2.26. The third-order valence-electron chi connectivity index (χ3n) is 4.62. The molecule has 1 aromatic heterocycles. The lowest BCUT2D eigenvalue weighted by Crippen LogP contribution is -2.40. The van der Waals surface area contributed by atoms with Crippen molar-refractivity contribution in [3.63, 3.8) is 0 Å². The van der Waals surface area contributed by atoms with Crippen LogP contribution in [-0.2, 0) is 4.79 Å². The van der Waals surface area contributed by atoms with Crippen LogP contribution in [0.3, 0.4) is 0 Å². The summed E-state index contributed by atoms with van der Waals surface area (Å²) in [5, 5.41) is 1.07. The summed E-state index contributed by atoms with van der Waals surface area (Å²) in [6.45, 7) is 8.85. The molecule has 0 aliphatic carbocycles. The van der Waals surface area contributed by atoms with E-state index in [-0.39, 0.29) is 11.9 Å². The molecule has 0 aromatic carbocycles. The number of amides is 1. The second-order valence-electron chi connectivity index (χ2n) is 6.40. The molecule has 0 unspecified atom stereocenters. The first-order valence-electron chi connectivity index (χ1n) is 8.41. The third-order valence-corrected chi connectivity index (χ3v) is 5.52. The minimum atomic E-state index is 0.0483. The minimum Gasteiger partial charge on any atom is -0.336 e. The lowest BCUT2D eigenvalue weighted by molar-refractivity contribution is -0.133. The molecular formula is C17H29N3OS. The van der Waals surface area contributed by atoms with Crippen LogP contribution in [0, 0.1) is 13.8 Å². The Bertz CT molecular complexity index is 492. The van der Waals surface area contributed by atoms with E-state index in [1.807, 2.05) is 18.9 Å². The van der Waals surface area contributed by atoms with E-state index < -0.39 is 0 Å². The molecule has 0 radical (unpaired) electrons. The second kappa shape index (κ2) is 8.06. The number of hydrogen-bond donors (Lipinski definition) is 0. The minimum absolute atomic E-state index is 0.0483. The van der Waals surface area contributed by atoms with Gasteiger partial charge in [0.2, 0.25) is 5.91 Å². The van der Waals surface area contributed by atoms with Crippen molar-refractivity contribution in [2.45, 2.75) is 58.9 Å². The fraction of sp³-hybridized carbons (Fsp3) is 0.765. The van der Waals surface area contributed by atoms with E-state index in [1.54, 1.807) is 11.3 Å². The Balaban J connectivity index is 1.94. The van der Waals surface area contributed by atoms with Crippen molar-refractivity contribution in [2.75, 3.05) is 26.7 Å². The SMILES string of the molecule is Cc1nc([C@H](C)N(C)C(=O)CN2CCCCCCC2)c(C)s1. The molecule has 0 saturated carbocycles. The predicted molar refractivity (Wildman–Crippen MR) is 92.3 cm³/mol. The summed E-state index contributed by atoms with van der Waals surface area (Å²) < 4.78 is 0. The number of thiazole rings is 1. The van der Waals surface area contributed by atoms with Crippen LogP contribution in [0.5, 0.6) is 0 Å². The Hall–Kier alpha value is -0.940. The van der Waals surface area contributed by atoms with Crippen LogP contribution in [0.25, 0.3) is 0 Å². The van der Waals surface area contributed by atoms with Gasteiger partial charge in [0.25, 0.3) is 0 Å². The van der Waals surface area contributed by atoms with Gasteiger partial charge in [-0.05, 0) is 46.7 Å². The summed E-state index contributed by atoms with van der Waals surface area (Å²) in [4.78, 5) is 22.6. The van der Waals surface area contributed by atoms with E-state index in [1.165, 1.54) is 37.0 Å². The maximum atomic E-state index is 12.6. The molecule has 0 N–H and O–H groups in total. The zero-order valence-corrected chi connectivity index (χ0v) is 15.2. The molecule has 22 heavy (non-hydrogen) atoms. The Labute approximate surface area is 138 Å². The highest BCUT2D eigenvalue weighted by atomic mass is 32.1. The van der Waals surface area contributed by atoms with Gasteiger partial charge in [-0.15, -0.1) is 11.3 Å². The largest absolute Gasteiger partial charge is 0.336 e. The van der Waals surface area contributed by atoms with Gasteiger partial charge in [0.05, 0.1) is 23.3 Å². The van der Waals surface area contributed by atoms with Gasteiger partial charge >= 0.3 is 0 Å². The molecule has 1 fully saturated rings. The molecule has 2 heterocycles. The highest BCUT2D eigenvalue weighted by molar-refractivity contribution is 7.11. The second-order valence-corrected chi connectivity index (χ2v) is 7.81. The lowest BCUT2D eigenvalue weighted by Gasteiger charge is -2.29. The average Bonchev–Trinajstić information content (AvgIpc) is 2.78. The van der Waals surface area contributed by atoms with Crippen LogP contribution < -0.4 is 0 Å². The number of aromatic nitrogens is 1. The maximum Gasteiger partial charge on any atom is 0.237 e. The molecule has 1 aliphatic rings. The molecule has 1 aromatic rings. The van der Waals surface area contributed by atoms with Crippen molar-refractivity contribution in [1.29, 1.82) is 0 Å². The molecule has 1 saturated heterocycles. The van der Waals surface area contributed by atoms with E-state index >= 15 is 0 Å². The van der Waals surface area contributed by atoms with E-state index in [2.05, 4.69) is 23.7 Å². The quantitative estimate of drug-likeness (QED) is 0.850. The topological polar surface area (TPSA) is 36.4 Å². The van der Waals surface area contributed by atoms with Crippen LogP contribution in [0.1, 0.15) is 60.6 Å². The number of likely N-dealkylation sites (tertiary alicyclic amines) is 1. The number of carbonyl (C=O) groups is 1. The first-order chi connectivity index (χ1) is 10.5. The van der Waals surface area contributed by atoms with Crippen molar-refractivity contribution in [1.82, 2.24) is 14.8 Å². The monoisotopic (exact) mass is 323 g/mol. The molecule has 1 aliphatic heterocycles. The Kier molecular flexibility index (Phi) is 6.38. The van der Waals surface area contributed by atoms with Gasteiger partial charge in [-0.1, -0.05) is 19.3 Å². The summed E-state index contributed by atoms with van der Waals surface area (Å²) in [7, 11) is 1.91. The van der Waals surface area contributed by atoms with Crippen molar-refractivity contribution >= 4 is 17.2 Å². The summed E-state index contributed by atoms with van der Waals surface area (Å²) in [6.07, 6.45) is 6.39. The van der Waals surface area contributed by atoms with Crippen molar-refractivity contribution in [3.8, 4) is 0 Å². The van der Waals surface area contributed by atoms with Gasteiger partial charge in [0.1, 0.15) is 0 Å². The van der Waals surface area contributed by atoms with Crippen LogP contribution in [0.15, 0.2) is 0 Å². The Morgan fingerprint density at radius 3 is 2.36 bits per heavy atom. The fourth-order valence-electron chi connectivity index (χ4n) is 3.11. The Morgan fingerprint density at radius 2 is 1.82 bits per heavy atom. The third kappa shape index (κ3) is 4.53. The first-order valence-corrected chi connectivity index (χ1v) is 9.22. The Morgan fingerprint density at radius 1 is 1.23 bits per heavy atom. The predicted octanol–water partition coefficient (Wildman–Crippen LogP) is 3.55. The van der Waals surface area contributed by atoms with Crippen LogP contribution in [0.2, 0.25) is 0 Å². The maximum absolute atomic E-state index is 12.6. The number of rotatable bonds is 4. The number of nitrogens with zero attached hydrogens (tertiary/aromatic N) is 3. The van der Waals surface area contributed by atoms with Crippen molar-refractivity contribution in [3.05, 3.63) is 15.6 Å². The first kappa shape index (κ1) is 17.4. The van der Waals surface area contributed by atoms with Gasteiger partial charge in [-0.2, -0.15) is 0 Å². The van der Waals surface area contributed by atoms with Crippen molar-refractivity contribution < 1.29 is 4.79 Å². The molecule has 2 rings (SSSR count). The van der Waals surface area contributed by atoms with Gasteiger partial charge in [-0.25, -0.2) is 4.98 Å². The molecular weight excluding hydrogens is 294 g/mol. The van der Waals surface area contributed by atoms with Gasteiger partial charge < -0.3 is 4.90 Å². The molecule has 4 nitrogen and oxygen atoms in total. The lowest BCUT2D eigenvalue weighted by atomic mass is 10.1. The van der Waals surface area contributed by atoms with E-state index in [0.29, 0.717) is 6.54 Å². The van der Waals surface area contributed by atoms with Gasteiger partial charge in [0.15, 0.2) is 0 Å². The molecule has 124 valence electrons. The summed E-state index contributed by atoms with van der Waals surface area (Å²) in [6, 6.07) is 0.0483. The number of aryl methyl sites for hydroxylation is 2. The van der Waals surface area contributed by atoms with Crippen LogP contribution in [0.4, 0.5) is 0 Å². The number of hydrogen-bond acceptors (Lipinski definition) is 4. The molecule has 0 spiro atoms. The van der Waals surface area contributed by atoms with Gasteiger partial charge in [0, 0.05) is 11.9 Å². The fourth-order valence-corrected chi connectivity index (χ4v) is 4.01. The summed E-state index contributed by atoms with van der Waals surface area (Å²) in [5.74, 6) is 0.207. The zero-order valence-electron chi connectivity index (χ0n) is 14.4. The van der Waals surface area contributed by atoms with Crippen LogP contribution in [-0.4, -0.2) is 47.4 Å². The molecule has 0 bridgehead atoms. The highest BCUT2D eigenvalue weighted by Gasteiger charge is 2.23. The van der Waals surface area contributed by atoms with E-state index in [4.69, 9.17) is 0 Å². The smallest absolute Gasteiger partial charge is 0.237 e. The summed E-state index contributed by atoms with van der Waals surface area (Å²) in [5.41, 5.74) is 1.05. The molecule has 1 atom stereocenters. The van der Waals surface area contributed by atoms with E-state index in [0.717, 1.165) is 23.8 Å². The molecule has 5 heteroatoms. The zero-order chi connectivity index (χ0) is 16.1. The summed E-state index contributed by atoms with van der Waals surface area (Å²) >= 11 is 1.71. The average molecular weight is 324 g/mol. The standard InChI is InChI=1S/C17H29N3OS/c1-13(17-14(2)22-15(3)18-17)19(4)16(21)12-20-10-8-6-5-7-9-11-20/h13H,5-12H2,1-4H3/t13-/m0/s1. The van der Waals surface area contributed by atoms with Crippen molar-refractivity contribution in [2.24, 2.45) is 0 Å². The normalized spacial score (nSPS) is 18.5. The van der Waals surface area contributed by atoms with Gasteiger partial charge in [-0.3, -0.25) is 9.69 Å². The van der Waals surface area contributed by atoms with Crippen LogP contribution >= 0.6 is 11.3 Å². The molecule has 1 amide bonds. The number of carbonyl (C=O) groups excluding carboxylic acids is 1. The number of likely N-dealkylation sites (N-methyl/N-ethyl adjacent to an activating group) is 1.